The SMILES string of the molecule is COC(=O)c1cc(=O)c2cc(NC(=O)C(C)(C)C)ccc2o1. The zero-order valence-electron chi connectivity index (χ0n) is 12.9. The van der Waals surface area contributed by atoms with Crippen LogP contribution < -0.4 is 10.7 Å². The zero-order valence-corrected chi connectivity index (χ0v) is 12.9. The molecule has 0 saturated carbocycles. The first-order valence-electron chi connectivity index (χ1n) is 6.70. The van der Waals surface area contributed by atoms with Crippen molar-refractivity contribution in [1.29, 1.82) is 0 Å². The maximum Gasteiger partial charge on any atom is 0.374 e. The van der Waals surface area contributed by atoms with E-state index in [1.807, 2.05) is 0 Å². The van der Waals surface area contributed by atoms with E-state index < -0.39 is 11.4 Å². The number of carbonyl (C=O) groups is 2. The highest BCUT2D eigenvalue weighted by molar-refractivity contribution is 5.96. The van der Waals surface area contributed by atoms with Crippen molar-refractivity contribution < 1.29 is 18.7 Å². The fourth-order valence-corrected chi connectivity index (χ4v) is 1.75. The third kappa shape index (κ3) is 3.16. The van der Waals surface area contributed by atoms with Crippen molar-refractivity contribution in [2.75, 3.05) is 12.4 Å². The summed E-state index contributed by atoms with van der Waals surface area (Å²) in [5.74, 6) is -1.04. The molecule has 6 heteroatoms. The van der Waals surface area contributed by atoms with Gasteiger partial charge in [-0.05, 0) is 18.2 Å². The van der Waals surface area contributed by atoms with Crippen molar-refractivity contribution in [1.82, 2.24) is 0 Å². The van der Waals surface area contributed by atoms with Gasteiger partial charge >= 0.3 is 5.97 Å². The Bertz CT molecular complexity index is 798. The molecule has 0 aliphatic carbocycles. The summed E-state index contributed by atoms with van der Waals surface area (Å²) >= 11 is 0. The second-order valence-electron chi connectivity index (χ2n) is 5.88. The normalized spacial score (nSPS) is 11.3. The molecule has 0 aliphatic heterocycles. The highest BCUT2D eigenvalue weighted by Gasteiger charge is 2.21. The van der Waals surface area contributed by atoms with Crippen LogP contribution in [0.4, 0.5) is 5.69 Å². The molecular formula is C16H17NO5. The fourth-order valence-electron chi connectivity index (χ4n) is 1.75. The van der Waals surface area contributed by atoms with Crippen LogP contribution >= 0.6 is 0 Å². The third-order valence-corrected chi connectivity index (χ3v) is 3.05. The number of nitrogens with one attached hydrogen (secondary N) is 1. The minimum absolute atomic E-state index is 0.161. The van der Waals surface area contributed by atoms with Crippen LogP contribution in [0.25, 0.3) is 11.0 Å². The molecule has 1 amide bonds. The van der Waals surface area contributed by atoms with Crippen LogP contribution in [0.5, 0.6) is 0 Å². The number of hydrogen-bond donors (Lipinski definition) is 1. The van der Waals surface area contributed by atoms with E-state index in [-0.39, 0.29) is 28.1 Å². The molecule has 0 fully saturated rings. The fraction of sp³-hybridized carbons (Fsp3) is 0.312. The molecule has 1 heterocycles. The lowest BCUT2D eigenvalue weighted by molar-refractivity contribution is -0.123. The van der Waals surface area contributed by atoms with E-state index in [0.717, 1.165) is 6.07 Å². The summed E-state index contributed by atoms with van der Waals surface area (Å²) in [6.45, 7) is 5.38. The Balaban J connectivity index is 2.44. The highest BCUT2D eigenvalue weighted by Crippen LogP contribution is 2.21. The Labute approximate surface area is 127 Å². The summed E-state index contributed by atoms with van der Waals surface area (Å²) in [5.41, 5.74) is -0.185. The number of esters is 1. The second kappa shape index (κ2) is 5.63. The van der Waals surface area contributed by atoms with E-state index >= 15 is 0 Å². The summed E-state index contributed by atoms with van der Waals surface area (Å²) in [4.78, 5) is 35.5. The minimum atomic E-state index is -0.718. The predicted molar refractivity (Wildman–Crippen MR) is 81.9 cm³/mol. The van der Waals surface area contributed by atoms with E-state index in [1.54, 1.807) is 26.8 Å². The molecule has 0 bridgehead atoms. The molecule has 2 aromatic rings. The molecule has 1 aromatic heterocycles. The molecule has 6 nitrogen and oxygen atoms in total. The Kier molecular flexibility index (Phi) is 4.03. The number of rotatable bonds is 2. The maximum atomic E-state index is 12.1. The molecular weight excluding hydrogens is 286 g/mol. The van der Waals surface area contributed by atoms with E-state index in [4.69, 9.17) is 4.42 Å². The number of fused-ring (bicyclic) bond motifs is 1. The van der Waals surface area contributed by atoms with Gasteiger partial charge in [-0.2, -0.15) is 0 Å². The molecule has 0 saturated heterocycles. The van der Waals surface area contributed by atoms with Crippen LogP contribution in [0.1, 0.15) is 31.3 Å². The lowest BCUT2D eigenvalue weighted by Gasteiger charge is -2.17. The van der Waals surface area contributed by atoms with Gasteiger partial charge in [-0.3, -0.25) is 9.59 Å². The van der Waals surface area contributed by atoms with Crippen molar-refractivity contribution >= 4 is 28.5 Å². The van der Waals surface area contributed by atoms with Gasteiger partial charge in [0.25, 0.3) is 0 Å². The highest BCUT2D eigenvalue weighted by atomic mass is 16.5. The van der Waals surface area contributed by atoms with Crippen molar-refractivity contribution in [3.8, 4) is 0 Å². The first-order valence-corrected chi connectivity index (χ1v) is 6.70. The quantitative estimate of drug-likeness (QED) is 0.862. The molecule has 0 unspecified atom stereocenters. The van der Waals surface area contributed by atoms with Crippen molar-refractivity contribution in [3.63, 3.8) is 0 Å². The lowest BCUT2D eigenvalue weighted by Crippen LogP contribution is -2.27. The van der Waals surface area contributed by atoms with Crippen molar-refractivity contribution in [3.05, 3.63) is 40.2 Å². The predicted octanol–water partition coefficient (Wildman–Crippen LogP) is 2.56. The van der Waals surface area contributed by atoms with Crippen LogP contribution in [0.2, 0.25) is 0 Å². The van der Waals surface area contributed by atoms with E-state index in [2.05, 4.69) is 10.1 Å². The number of hydrogen-bond acceptors (Lipinski definition) is 5. The molecule has 22 heavy (non-hydrogen) atoms. The minimum Gasteiger partial charge on any atom is -0.463 e. The van der Waals surface area contributed by atoms with E-state index in [9.17, 15) is 14.4 Å². The Morgan fingerprint density at radius 1 is 1.18 bits per heavy atom. The number of ether oxygens (including phenoxy) is 1. The number of amides is 1. The van der Waals surface area contributed by atoms with Gasteiger partial charge in [0.2, 0.25) is 11.7 Å². The van der Waals surface area contributed by atoms with Crippen molar-refractivity contribution in [2.24, 2.45) is 5.41 Å². The first kappa shape index (κ1) is 15.8. The largest absolute Gasteiger partial charge is 0.463 e. The first-order chi connectivity index (χ1) is 10.2. The molecule has 0 spiro atoms. The molecule has 0 aliphatic rings. The zero-order chi connectivity index (χ0) is 16.5. The maximum absolute atomic E-state index is 12.1. The van der Waals surface area contributed by atoms with Gasteiger partial charge in [0, 0.05) is 17.2 Å². The second-order valence-corrected chi connectivity index (χ2v) is 5.88. The van der Waals surface area contributed by atoms with Gasteiger partial charge in [-0.15, -0.1) is 0 Å². The van der Waals surface area contributed by atoms with Gasteiger partial charge in [-0.25, -0.2) is 4.79 Å². The monoisotopic (exact) mass is 303 g/mol. The molecule has 0 atom stereocenters. The van der Waals surface area contributed by atoms with E-state index in [0.29, 0.717) is 5.69 Å². The molecule has 1 N–H and O–H groups in total. The number of carbonyl (C=O) groups excluding carboxylic acids is 2. The van der Waals surface area contributed by atoms with E-state index in [1.165, 1.54) is 19.2 Å². The standard InChI is InChI=1S/C16H17NO5/c1-16(2,3)15(20)17-9-5-6-12-10(7-9)11(18)8-13(22-12)14(19)21-4/h5-8H,1-4H3,(H,17,20). The van der Waals surface area contributed by atoms with Gasteiger partial charge in [-0.1, -0.05) is 20.8 Å². The average molecular weight is 303 g/mol. The molecule has 0 radical (unpaired) electrons. The third-order valence-electron chi connectivity index (χ3n) is 3.05. The average Bonchev–Trinajstić information content (AvgIpc) is 2.45. The topological polar surface area (TPSA) is 85.6 Å². The van der Waals surface area contributed by atoms with Crippen LogP contribution in [-0.4, -0.2) is 19.0 Å². The molecule has 116 valence electrons. The summed E-state index contributed by atoms with van der Waals surface area (Å²) in [6.07, 6.45) is 0. The number of anilines is 1. The van der Waals surface area contributed by atoms with Gasteiger partial charge in [0.15, 0.2) is 5.43 Å². The van der Waals surface area contributed by atoms with Gasteiger partial charge in [0.05, 0.1) is 12.5 Å². The summed E-state index contributed by atoms with van der Waals surface area (Å²) in [7, 11) is 1.21. The Morgan fingerprint density at radius 3 is 2.45 bits per heavy atom. The van der Waals surface area contributed by atoms with Crippen LogP contribution in [0.3, 0.4) is 0 Å². The lowest BCUT2D eigenvalue weighted by atomic mass is 9.95. The molecule has 2 rings (SSSR count). The summed E-state index contributed by atoms with van der Waals surface area (Å²) in [6, 6.07) is 5.73. The molecule has 1 aromatic carbocycles. The summed E-state index contributed by atoms with van der Waals surface area (Å²) < 4.78 is 9.86. The van der Waals surface area contributed by atoms with Crippen molar-refractivity contribution in [2.45, 2.75) is 20.8 Å². The van der Waals surface area contributed by atoms with Crippen LogP contribution in [-0.2, 0) is 9.53 Å². The van der Waals surface area contributed by atoms with Crippen LogP contribution in [0, 0.1) is 5.41 Å². The number of methoxy groups -OCH3 is 1. The number of benzene rings is 1. The smallest absolute Gasteiger partial charge is 0.374 e. The summed E-state index contributed by atoms with van der Waals surface area (Å²) in [5, 5.41) is 3.02. The Morgan fingerprint density at radius 2 is 1.86 bits per heavy atom. The van der Waals surface area contributed by atoms with Crippen LogP contribution in [0.15, 0.2) is 33.5 Å². The van der Waals surface area contributed by atoms with Gasteiger partial charge in [0.1, 0.15) is 5.58 Å². The van der Waals surface area contributed by atoms with Gasteiger partial charge < -0.3 is 14.5 Å². The Hall–Kier alpha value is -2.63.